The maximum absolute atomic E-state index is 13.4. The Bertz CT molecular complexity index is 1200. The zero-order valence-electron chi connectivity index (χ0n) is 19.0. The largest absolute Gasteiger partial charge is 0.348 e. The Morgan fingerprint density at radius 1 is 0.971 bits per heavy atom. The number of imide groups is 1. The van der Waals surface area contributed by atoms with Crippen LogP contribution in [0.1, 0.15) is 37.4 Å². The van der Waals surface area contributed by atoms with E-state index in [4.69, 9.17) is 0 Å². The predicted molar refractivity (Wildman–Crippen MR) is 127 cm³/mol. The zero-order valence-corrected chi connectivity index (χ0v) is 19.0. The fraction of sp³-hybridized carbons (Fsp3) is 0.222. The van der Waals surface area contributed by atoms with Gasteiger partial charge in [-0.05, 0) is 47.7 Å². The normalized spacial score (nSPS) is 18.5. The van der Waals surface area contributed by atoms with Crippen molar-refractivity contribution in [1.29, 1.82) is 0 Å². The van der Waals surface area contributed by atoms with Gasteiger partial charge in [0.1, 0.15) is 17.9 Å². The summed E-state index contributed by atoms with van der Waals surface area (Å²) in [5, 5.41) is 5.55. The summed E-state index contributed by atoms with van der Waals surface area (Å²) in [6.07, 6.45) is 0.269. The lowest BCUT2D eigenvalue weighted by molar-refractivity contribution is -0.135. The Labute approximate surface area is 197 Å². The lowest BCUT2D eigenvalue weighted by atomic mass is 9.87. The highest BCUT2D eigenvalue weighted by Gasteiger charge is 2.51. The molecule has 0 aliphatic carbocycles. The number of hydrogen-bond donors (Lipinski definition) is 2. The minimum atomic E-state index is -1.32. The van der Waals surface area contributed by atoms with Gasteiger partial charge in [-0.3, -0.25) is 14.5 Å². The molecule has 3 aromatic rings. The van der Waals surface area contributed by atoms with Crippen molar-refractivity contribution in [3.05, 3.63) is 95.8 Å². The molecule has 1 saturated heterocycles. The summed E-state index contributed by atoms with van der Waals surface area (Å²) >= 11 is 0. The Kier molecular flexibility index (Phi) is 6.45. The average molecular weight is 460 g/mol. The van der Waals surface area contributed by atoms with Crippen molar-refractivity contribution in [2.45, 2.75) is 31.8 Å². The molecule has 0 radical (unpaired) electrons. The molecule has 2 unspecified atom stereocenters. The number of halogens is 1. The van der Waals surface area contributed by atoms with E-state index in [1.54, 1.807) is 6.92 Å². The number of nitrogens with zero attached hydrogens (tertiary/aromatic N) is 1. The topological polar surface area (TPSA) is 78.5 Å². The molecule has 2 N–H and O–H groups in total. The quantitative estimate of drug-likeness (QED) is 0.510. The third kappa shape index (κ3) is 4.41. The van der Waals surface area contributed by atoms with Crippen LogP contribution in [0.3, 0.4) is 0 Å². The molecule has 34 heavy (non-hydrogen) atoms. The monoisotopic (exact) mass is 459 g/mol. The van der Waals surface area contributed by atoms with E-state index in [0.29, 0.717) is 5.56 Å². The maximum Gasteiger partial charge on any atom is 0.325 e. The minimum Gasteiger partial charge on any atom is -0.348 e. The number of carbonyl (C=O) groups excluding carboxylic acids is 3. The summed E-state index contributed by atoms with van der Waals surface area (Å²) in [6, 6.07) is 22.3. The number of nitrogens with one attached hydrogen (secondary N) is 2. The SMILES string of the molecule is CCC1(c2ccc(F)cc2)NC(=O)N(CC(=O)NC(C)c2ccc(-c3ccccc3)cc2)C1=O. The van der Waals surface area contributed by atoms with E-state index < -0.39 is 35.7 Å². The average Bonchev–Trinajstić information content (AvgIpc) is 3.10. The van der Waals surface area contributed by atoms with E-state index in [1.807, 2.05) is 61.5 Å². The van der Waals surface area contributed by atoms with Crippen LogP contribution in [0.25, 0.3) is 11.1 Å². The van der Waals surface area contributed by atoms with E-state index in [9.17, 15) is 18.8 Å². The second-order valence-corrected chi connectivity index (χ2v) is 8.36. The first-order valence-electron chi connectivity index (χ1n) is 11.2. The first-order valence-corrected chi connectivity index (χ1v) is 11.2. The van der Waals surface area contributed by atoms with Crippen LogP contribution in [0, 0.1) is 5.82 Å². The molecule has 0 saturated carbocycles. The van der Waals surface area contributed by atoms with Crippen molar-refractivity contribution in [1.82, 2.24) is 15.5 Å². The van der Waals surface area contributed by atoms with E-state index in [1.165, 1.54) is 24.3 Å². The smallest absolute Gasteiger partial charge is 0.325 e. The first-order chi connectivity index (χ1) is 16.3. The van der Waals surface area contributed by atoms with Crippen molar-refractivity contribution >= 4 is 17.8 Å². The molecule has 0 aromatic heterocycles. The van der Waals surface area contributed by atoms with Gasteiger partial charge in [-0.15, -0.1) is 0 Å². The van der Waals surface area contributed by atoms with Crippen LogP contribution in [0.15, 0.2) is 78.9 Å². The third-order valence-electron chi connectivity index (χ3n) is 6.24. The zero-order chi connectivity index (χ0) is 24.3. The van der Waals surface area contributed by atoms with Gasteiger partial charge in [0.2, 0.25) is 5.91 Å². The standard InChI is InChI=1S/C27H26FN3O3/c1-3-27(22-13-15-23(28)16-14-22)25(33)31(26(34)30-27)17-24(32)29-18(2)19-9-11-21(12-10-19)20-7-5-4-6-8-20/h4-16,18H,3,17H2,1-2H3,(H,29,32)(H,30,34). The van der Waals surface area contributed by atoms with Gasteiger partial charge < -0.3 is 10.6 Å². The minimum absolute atomic E-state index is 0.269. The predicted octanol–water partition coefficient (Wildman–Crippen LogP) is 4.53. The van der Waals surface area contributed by atoms with E-state index in [-0.39, 0.29) is 12.5 Å². The molecule has 1 aliphatic rings. The van der Waals surface area contributed by atoms with Gasteiger partial charge in [-0.25, -0.2) is 9.18 Å². The van der Waals surface area contributed by atoms with Crippen molar-refractivity contribution in [3.63, 3.8) is 0 Å². The second kappa shape index (κ2) is 9.47. The summed E-state index contributed by atoms with van der Waals surface area (Å²) in [5.74, 6) is -1.41. The molecule has 0 bridgehead atoms. The van der Waals surface area contributed by atoms with Crippen LogP contribution in [-0.2, 0) is 15.1 Å². The van der Waals surface area contributed by atoms with Gasteiger partial charge in [0, 0.05) is 0 Å². The molecule has 1 fully saturated rings. The highest BCUT2D eigenvalue weighted by Crippen LogP contribution is 2.32. The van der Waals surface area contributed by atoms with Crippen LogP contribution in [-0.4, -0.2) is 29.3 Å². The van der Waals surface area contributed by atoms with Crippen molar-refractivity contribution < 1.29 is 18.8 Å². The molecule has 6 nitrogen and oxygen atoms in total. The molecule has 174 valence electrons. The van der Waals surface area contributed by atoms with Gasteiger partial charge in [0.15, 0.2) is 0 Å². The molecule has 7 heteroatoms. The van der Waals surface area contributed by atoms with Crippen LogP contribution in [0.5, 0.6) is 0 Å². The molecule has 4 amide bonds. The van der Waals surface area contributed by atoms with Gasteiger partial charge in [-0.1, -0.05) is 73.7 Å². The fourth-order valence-electron chi connectivity index (χ4n) is 4.25. The molecule has 4 rings (SSSR count). The summed E-state index contributed by atoms with van der Waals surface area (Å²) in [7, 11) is 0. The molecule has 3 aromatic carbocycles. The lowest BCUT2D eigenvalue weighted by Gasteiger charge is -2.25. The number of benzene rings is 3. The Morgan fingerprint density at radius 3 is 2.21 bits per heavy atom. The number of hydrogen-bond acceptors (Lipinski definition) is 3. The van der Waals surface area contributed by atoms with Crippen LogP contribution in [0.4, 0.5) is 9.18 Å². The number of amides is 4. The molecule has 0 spiro atoms. The van der Waals surface area contributed by atoms with Crippen molar-refractivity contribution in [2.24, 2.45) is 0 Å². The highest BCUT2D eigenvalue weighted by molar-refractivity contribution is 6.09. The van der Waals surface area contributed by atoms with E-state index in [2.05, 4.69) is 10.6 Å². The molecular formula is C27H26FN3O3. The lowest BCUT2D eigenvalue weighted by Crippen LogP contribution is -2.45. The van der Waals surface area contributed by atoms with E-state index >= 15 is 0 Å². The number of carbonyl (C=O) groups is 3. The van der Waals surface area contributed by atoms with Crippen LogP contribution < -0.4 is 10.6 Å². The molecule has 2 atom stereocenters. The van der Waals surface area contributed by atoms with Gasteiger partial charge in [0.25, 0.3) is 5.91 Å². The Balaban J connectivity index is 1.42. The summed E-state index contributed by atoms with van der Waals surface area (Å²) in [5.41, 5.74) is 2.23. The van der Waals surface area contributed by atoms with Crippen molar-refractivity contribution in [3.8, 4) is 11.1 Å². The summed E-state index contributed by atoms with van der Waals surface area (Å²) in [4.78, 5) is 39.4. The van der Waals surface area contributed by atoms with Crippen molar-refractivity contribution in [2.75, 3.05) is 6.54 Å². The summed E-state index contributed by atoms with van der Waals surface area (Å²) < 4.78 is 13.4. The fourth-order valence-corrected chi connectivity index (χ4v) is 4.25. The van der Waals surface area contributed by atoms with Crippen LogP contribution in [0.2, 0.25) is 0 Å². The second-order valence-electron chi connectivity index (χ2n) is 8.36. The van der Waals surface area contributed by atoms with Gasteiger partial charge in [0.05, 0.1) is 6.04 Å². The third-order valence-corrected chi connectivity index (χ3v) is 6.24. The maximum atomic E-state index is 13.4. The van der Waals surface area contributed by atoms with E-state index in [0.717, 1.165) is 21.6 Å². The molecular weight excluding hydrogens is 433 g/mol. The summed E-state index contributed by atoms with van der Waals surface area (Å²) in [6.45, 7) is 3.20. The number of rotatable bonds is 7. The first kappa shape index (κ1) is 23.2. The number of urea groups is 1. The van der Waals surface area contributed by atoms with Crippen LogP contribution >= 0.6 is 0 Å². The highest BCUT2D eigenvalue weighted by atomic mass is 19.1. The Morgan fingerprint density at radius 2 is 1.59 bits per heavy atom. The molecule has 1 aliphatic heterocycles. The van der Waals surface area contributed by atoms with Gasteiger partial charge in [-0.2, -0.15) is 0 Å². The Hall–Kier alpha value is -4.00. The van der Waals surface area contributed by atoms with Gasteiger partial charge >= 0.3 is 6.03 Å². The molecule has 1 heterocycles.